The molecule has 0 amide bonds. The molecule has 0 saturated carbocycles. The van der Waals surface area contributed by atoms with Gasteiger partial charge in [-0.1, -0.05) is 34.3 Å². The minimum Gasteiger partial charge on any atom is -0.266 e. The average Bonchev–Trinajstić information content (AvgIpc) is 1.86. The van der Waals surface area contributed by atoms with Crippen LogP contribution in [-0.2, 0) is 0 Å². The van der Waals surface area contributed by atoms with Crippen LogP contribution < -0.4 is 0 Å². The van der Waals surface area contributed by atoms with Gasteiger partial charge in [-0.05, 0) is 18.3 Å². The Bertz CT molecular complexity index is 143. The number of nitrogens with zero attached hydrogens (tertiary/aromatic N) is 1. The van der Waals surface area contributed by atoms with E-state index in [2.05, 4.69) is 39.3 Å². The molecule has 0 aromatic heterocycles. The van der Waals surface area contributed by atoms with Crippen molar-refractivity contribution in [2.75, 3.05) is 0 Å². The Balaban J connectivity index is 3.66. The van der Waals surface area contributed by atoms with E-state index in [0.717, 1.165) is 12.1 Å². The molecule has 0 aliphatic rings. The van der Waals surface area contributed by atoms with Gasteiger partial charge in [0.2, 0.25) is 0 Å². The summed E-state index contributed by atoms with van der Waals surface area (Å²) in [5.41, 5.74) is 0.977. The van der Waals surface area contributed by atoms with Crippen LogP contribution in [-0.4, -0.2) is 6.21 Å². The Labute approximate surface area is 70.2 Å². The molecular formula is C10H19N. The van der Waals surface area contributed by atoms with Gasteiger partial charge in [-0.2, -0.15) is 0 Å². The number of allylic oxidation sites excluding steroid dienone is 1. The standard InChI is InChI=1S/C10H19N/c1-8(2)6-7-11-10(5)9(3)4/h7-9H,5-6H2,1-4H3. The average molecular weight is 153 g/mol. The van der Waals surface area contributed by atoms with Gasteiger partial charge in [0.1, 0.15) is 0 Å². The molecule has 0 heterocycles. The van der Waals surface area contributed by atoms with Gasteiger partial charge in [0.05, 0.1) is 0 Å². The fourth-order valence-corrected chi connectivity index (χ4v) is 0.530. The van der Waals surface area contributed by atoms with Crippen molar-refractivity contribution >= 4 is 6.21 Å². The van der Waals surface area contributed by atoms with Crippen molar-refractivity contribution in [2.45, 2.75) is 34.1 Å². The molecule has 1 nitrogen and oxygen atoms in total. The highest BCUT2D eigenvalue weighted by molar-refractivity contribution is 5.59. The molecule has 0 saturated heterocycles. The largest absolute Gasteiger partial charge is 0.266 e. The molecule has 0 bridgehead atoms. The molecule has 0 N–H and O–H groups in total. The van der Waals surface area contributed by atoms with Crippen LogP contribution >= 0.6 is 0 Å². The molecule has 0 aliphatic heterocycles. The van der Waals surface area contributed by atoms with Gasteiger partial charge in [0, 0.05) is 11.9 Å². The van der Waals surface area contributed by atoms with Gasteiger partial charge in [-0.3, -0.25) is 4.99 Å². The molecule has 1 heteroatoms. The van der Waals surface area contributed by atoms with Crippen LogP contribution in [0.25, 0.3) is 0 Å². The van der Waals surface area contributed by atoms with Crippen molar-refractivity contribution in [1.82, 2.24) is 0 Å². The minimum atomic E-state index is 0.471. The second kappa shape index (κ2) is 5.11. The van der Waals surface area contributed by atoms with Crippen LogP contribution in [0, 0.1) is 11.8 Å². The molecule has 11 heavy (non-hydrogen) atoms. The smallest absolute Gasteiger partial charge is 0.0353 e. The van der Waals surface area contributed by atoms with Crippen LogP contribution in [0.3, 0.4) is 0 Å². The monoisotopic (exact) mass is 153 g/mol. The Morgan fingerprint density at radius 3 is 2.27 bits per heavy atom. The Hall–Kier alpha value is -0.590. The Morgan fingerprint density at radius 1 is 1.36 bits per heavy atom. The summed E-state index contributed by atoms with van der Waals surface area (Å²) in [6.07, 6.45) is 3.01. The van der Waals surface area contributed by atoms with Crippen molar-refractivity contribution in [3.05, 3.63) is 12.3 Å². The molecule has 0 radical (unpaired) electrons. The number of hydrogen-bond donors (Lipinski definition) is 0. The third kappa shape index (κ3) is 5.84. The lowest BCUT2D eigenvalue weighted by atomic mass is 10.1. The highest BCUT2D eigenvalue weighted by Crippen LogP contribution is 2.07. The van der Waals surface area contributed by atoms with Crippen LogP contribution in [0.5, 0.6) is 0 Å². The Morgan fingerprint density at radius 2 is 1.91 bits per heavy atom. The second-order valence-corrected chi connectivity index (χ2v) is 3.59. The summed E-state index contributed by atoms with van der Waals surface area (Å²) in [5, 5.41) is 0. The summed E-state index contributed by atoms with van der Waals surface area (Å²) >= 11 is 0. The number of rotatable bonds is 4. The van der Waals surface area contributed by atoms with E-state index in [1.54, 1.807) is 0 Å². The van der Waals surface area contributed by atoms with Crippen LogP contribution in [0.4, 0.5) is 0 Å². The first kappa shape index (κ1) is 10.4. The highest BCUT2D eigenvalue weighted by Gasteiger charge is 1.95. The summed E-state index contributed by atoms with van der Waals surface area (Å²) < 4.78 is 0. The van der Waals surface area contributed by atoms with Crippen LogP contribution in [0.15, 0.2) is 17.3 Å². The molecule has 0 rings (SSSR count). The van der Waals surface area contributed by atoms with Gasteiger partial charge < -0.3 is 0 Å². The summed E-state index contributed by atoms with van der Waals surface area (Å²) in [4.78, 5) is 4.24. The van der Waals surface area contributed by atoms with E-state index in [4.69, 9.17) is 0 Å². The van der Waals surface area contributed by atoms with Crippen LogP contribution in [0.1, 0.15) is 34.1 Å². The zero-order chi connectivity index (χ0) is 8.85. The minimum absolute atomic E-state index is 0.471. The zero-order valence-electron chi connectivity index (χ0n) is 8.09. The van der Waals surface area contributed by atoms with Gasteiger partial charge in [-0.15, -0.1) is 0 Å². The molecule has 0 spiro atoms. The molecular weight excluding hydrogens is 134 g/mol. The second-order valence-electron chi connectivity index (χ2n) is 3.59. The maximum Gasteiger partial charge on any atom is 0.0353 e. The first-order chi connectivity index (χ1) is 5.04. The summed E-state index contributed by atoms with van der Waals surface area (Å²) in [6, 6.07) is 0. The molecule has 0 unspecified atom stereocenters. The normalized spacial score (nSPS) is 11.8. The van der Waals surface area contributed by atoms with Crippen molar-refractivity contribution in [1.29, 1.82) is 0 Å². The molecule has 0 aliphatic carbocycles. The van der Waals surface area contributed by atoms with E-state index in [-0.39, 0.29) is 0 Å². The maximum atomic E-state index is 4.24. The lowest BCUT2D eigenvalue weighted by molar-refractivity contribution is 0.687. The van der Waals surface area contributed by atoms with Crippen molar-refractivity contribution in [3.63, 3.8) is 0 Å². The summed E-state index contributed by atoms with van der Waals surface area (Å²) in [7, 11) is 0. The zero-order valence-corrected chi connectivity index (χ0v) is 8.09. The lowest BCUT2D eigenvalue weighted by Gasteiger charge is -2.02. The first-order valence-electron chi connectivity index (χ1n) is 4.25. The summed E-state index contributed by atoms with van der Waals surface area (Å²) in [5.74, 6) is 1.16. The molecule has 0 aromatic rings. The van der Waals surface area contributed by atoms with Crippen LogP contribution in [0.2, 0.25) is 0 Å². The van der Waals surface area contributed by atoms with E-state index in [9.17, 15) is 0 Å². The number of hydrogen-bond acceptors (Lipinski definition) is 1. The predicted molar refractivity (Wildman–Crippen MR) is 51.9 cm³/mol. The van der Waals surface area contributed by atoms with E-state index in [0.29, 0.717) is 11.8 Å². The molecule has 0 atom stereocenters. The third-order valence-electron chi connectivity index (χ3n) is 1.50. The highest BCUT2D eigenvalue weighted by atomic mass is 14.7. The van der Waals surface area contributed by atoms with E-state index in [1.165, 1.54) is 0 Å². The van der Waals surface area contributed by atoms with Crippen molar-refractivity contribution < 1.29 is 0 Å². The topological polar surface area (TPSA) is 12.4 Å². The molecule has 64 valence electrons. The van der Waals surface area contributed by atoms with Crippen molar-refractivity contribution in [3.8, 4) is 0 Å². The van der Waals surface area contributed by atoms with Gasteiger partial charge >= 0.3 is 0 Å². The van der Waals surface area contributed by atoms with Crippen molar-refractivity contribution in [2.24, 2.45) is 16.8 Å². The van der Waals surface area contributed by atoms with Gasteiger partial charge in [0.15, 0.2) is 0 Å². The fourth-order valence-electron chi connectivity index (χ4n) is 0.530. The van der Waals surface area contributed by atoms with Gasteiger partial charge in [0.25, 0.3) is 0 Å². The third-order valence-corrected chi connectivity index (χ3v) is 1.50. The number of aliphatic imine (C=N–C) groups is 1. The van der Waals surface area contributed by atoms with E-state index >= 15 is 0 Å². The Kier molecular flexibility index (Phi) is 4.84. The fraction of sp³-hybridized carbons (Fsp3) is 0.700. The SMILES string of the molecule is C=C(N=CCC(C)C)C(C)C. The molecule has 0 fully saturated rings. The molecule has 0 aromatic carbocycles. The first-order valence-corrected chi connectivity index (χ1v) is 4.25. The van der Waals surface area contributed by atoms with Gasteiger partial charge in [-0.25, -0.2) is 0 Å². The van der Waals surface area contributed by atoms with E-state index < -0.39 is 0 Å². The summed E-state index contributed by atoms with van der Waals surface area (Å²) in [6.45, 7) is 12.4. The van der Waals surface area contributed by atoms with E-state index in [1.807, 2.05) is 6.21 Å². The lowest BCUT2D eigenvalue weighted by Crippen LogP contribution is -1.91. The quantitative estimate of drug-likeness (QED) is 0.550. The maximum absolute atomic E-state index is 4.24. The predicted octanol–water partition coefficient (Wildman–Crippen LogP) is 3.27.